The van der Waals surface area contributed by atoms with Crippen molar-refractivity contribution in [3.8, 4) is 5.75 Å². The smallest absolute Gasteiger partial charge is 0.258 e. The van der Waals surface area contributed by atoms with Crippen LogP contribution in [-0.4, -0.2) is 64.1 Å². The normalized spacial score (nSPS) is 17.9. The molecule has 0 bridgehead atoms. The standard InChI is InChI=1S/C25H32ClN3O6S2/c26-23-17-22(37(33,34)29-15-5-2-6-16-29)11-12-24(23)35-19-25(30)27-18-20-7-9-21(10-8-20)36(31,32)28-13-3-1-4-14-28/h7-12,17H,1-6,13-16,18-19H2,(H,27,30). The van der Waals surface area contributed by atoms with E-state index >= 15 is 0 Å². The van der Waals surface area contributed by atoms with Gasteiger partial charge in [-0.25, -0.2) is 16.8 Å². The highest BCUT2D eigenvalue weighted by Crippen LogP contribution is 2.29. The number of benzene rings is 2. The maximum Gasteiger partial charge on any atom is 0.258 e. The van der Waals surface area contributed by atoms with Gasteiger partial charge in [-0.15, -0.1) is 0 Å². The molecule has 2 aliphatic heterocycles. The molecular weight excluding hydrogens is 538 g/mol. The molecule has 9 nitrogen and oxygen atoms in total. The molecule has 0 atom stereocenters. The molecule has 0 spiro atoms. The van der Waals surface area contributed by atoms with Crippen LogP contribution >= 0.6 is 11.6 Å². The van der Waals surface area contributed by atoms with Crippen LogP contribution in [0.4, 0.5) is 0 Å². The quantitative estimate of drug-likeness (QED) is 0.495. The first-order valence-electron chi connectivity index (χ1n) is 12.5. The number of hydrogen-bond acceptors (Lipinski definition) is 6. The van der Waals surface area contributed by atoms with Gasteiger partial charge >= 0.3 is 0 Å². The summed E-state index contributed by atoms with van der Waals surface area (Å²) >= 11 is 6.25. The van der Waals surface area contributed by atoms with E-state index in [1.807, 2.05) is 0 Å². The Morgan fingerprint density at radius 3 is 1.84 bits per heavy atom. The second kappa shape index (κ2) is 12.1. The summed E-state index contributed by atoms with van der Waals surface area (Å²) in [4.78, 5) is 12.6. The van der Waals surface area contributed by atoms with E-state index in [1.165, 1.54) is 26.8 Å². The van der Waals surface area contributed by atoms with Crippen molar-refractivity contribution < 1.29 is 26.4 Å². The Morgan fingerprint density at radius 1 is 0.784 bits per heavy atom. The van der Waals surface area contributed by atoms with Gasteiger partial charge in [-0.05, 0) is 61.6 Å². The third kappa shape index (κ3) is 6.83. The van der Waals surface area contributed by atoms with Crippen molar-refractivity contribution in [3.63, 3.8) is 0 Å². The average Bonchev–Trinajstić information content (AvgIpc) is 2.92. The number of nitrogens with one attached hydrogen (secondary N) is 1. The first-order chi connectivity index (χ1) is 17.7. The third-order valence-corrected chi connectivity index (χ3v) is 10.7. The van der Waals surface area contributed by atoms with Crippen molar-refractivity contribution in [3.05, 3.63) is 53.1 Å². The first-order valence-corrected chi connectivity index (χ1v) is 15.7. The lowest BCUT2D eigenvalue weighted by atomic mass is 10.2. The van der Waals surface area contributed by atoms with Crippen LogP contribution in [0.2, 0.25) is 5.02 Å². The number of carbonyl (C=O) groups is 1. The fourth-order valence-corrected chi connectivity index (χ4v) is 7.80. The third-order valence-electron chi connectivity index (χ3n) is 6.58. The Labute approximate surface area is 223 Å². The number of nitrogens with zero attached hydrogens (tertiary/aromatic N) is 2. The second-order valence-electron chi connectivity index (χ2n) is 9.23. The van der Waals surface area contributed by atoms with Crippen LogP contribution in [0.1, 0.15) is 44.1 Å². The van der Waals surface area contributed by atoms with Gasteiger partial charge in [-0.1, -0.05) is 36.6 Å². The van der Waals surface area contributed by atoms with E-state index in [9.17, 15) is 21.6 Å². The number of ether oxygens (including phenoxy) is 1. The van der Waals surface area contributed by atoms with Gasteiger partial charge in [0.25, 0.3) is 5.91 Å². The minimum Gasteiger partial charge on any atom is -0.482 e. The number of carbonyl (C=O) groups excluding carboxylic acids is 1. The van der Waals surface area contributed by atoms with Gasteiger partial charge in [0.2, 0.25) is 20.0 Å². The van der Waals surface area contributed by atoms with E-state index in [4.69, 9.17) is 16.3 Å². The van der Waals surface area contributed by atoms with E-state index in [1.54, 1.807) is 24.3 Å². The van der Waals surface area contributed by atoms with E-state index in [0.717, 1.165) is 44.1 Å². The Kier molecular flexibility index (Phi) is 9.12. The number of halogens is 1. The Hall–Kier alpha value is -2.18. The predicted molar refractivity (Wildman–Crippen MR) is 140 cm³/mol. The highest BCUT2D eigenvalue weighted by Gasteiger charge is 2.27. The minimum atomic E-state index is -3.62. The molecule has 4 rings (SSSR count). The summed E-state index contributed by atoms with van der Waals surface area (Å²) in [5.41, 5.74) is 0.747. The summed E-state index contributed by atoms with van der Waals surface area (Å²) in [5.74, 6) is -0.187. The van der Waals surface area contributed by atoms with Crippen molar-refractivity contribution in [2.75, 3.05) is 32.8 Å². The highest BCUT2D eigenvalue weighted by atomic mass is 35.5. The molecule has 12 heteroatoms. The SMILES string of the molecule is O=C(COc1ccc(S(=O)(=O)N2CCCCC2)cc1Cl)NCc1ccc(S(=O)(=O)N2CCCCC2)cc1. The van der Waals surface area contributed by atoms with Crippen LogP contribution in [0.3, 0.4) is 0 Å². The van der Waals surface area contributed by atoms with Crippen molar-refractivity contribution in [2.24, 2.45) is 0 Å². The molecular formula is C25H32ClN3O6S2. The molecule has 2 fully saturated rings. The predicted octanol–water partition coefficient (Wildman–Crippen LogP) is 3.38. The van der Waals surface area contributed by atoms with Gasteiger partial charge in [-0.3, -0.25) is 4.79 Å². The average molecular weight is 570 g/mol. The first kappa shape index (κ1) is 27.8. The highest BCUT2D eigenvalue weighted by molar-refractivity contribution is 7.89. The number of sulfonamides is 2. The van der Waals surface area contributed by atoms with Crippen molar-refractivity contribution in [1.29, 1.82) is 0 Å². The van der Waals surface area contributed by atoms with Gasteiger partial charge in [0.1, 0.15) is 5.75 Å². The van der Waals surface area contributed by atoms with E-state index in [-0.39, 0.29) is 33.7 Å². The molecule has 0 unspecified atom stereocenters. The topological polar surface area (TPSA) is 113 Å². The van der Waals surface area contributed by atoms with Crippen LogP contribution in [0.15, 0.2) is 52.3 Å². The zero-order valence-corrected chi connectivity index (χ0v) is 23.0. The van der Waals surface area contributed by atoms with Crippen LogP contribution in [0.5, 0.6) is 5.75 Å². The molecule has 0 aliphatic carbocycles. The molecule has 2 heterocycles. The molecule has 2 aliphatic rings. The van der Waals surface area contributed by atoms with Crippen molar-refractivity contribution in [2.45, 2.75) is 54.9 Å². The molecule has 0 aromatic heterocycles. The molecule has 2 saturated heterocycles. The lowest BCUT2D eigenvalue weighted by molar-refractivity contribution is -0.123. The molecule has 0 saturated carbocycles. The molecule has 202 valence electrons. The number of hydrogen-bond donors (Lipinski definition) is 1. The van der Waals surface area contributed by atoms with E-state index < -0.39 is 26.0 Å². The molecule has 1 amide bonds. The molecule has 0 radical (unpaired) electrons. The van der Waals surface area contributed by atoms with Gasteiger partial charge in [0.15, 0.2) is 6.61 Å². The summed E-state index contributed by atoms with van der Waals surface area (Å²) < 4.78 is 59.6. The number of amides is 1. The lowest BCUT2D eigenvalue weighted by Crippen LogP contribution is -2.35. The van der Waals surface area contributed by atoms with Crippen LogP contribution in [-0.2, 0) is 31.4 Å². The van der Waals surface area contributed by atoms with Crippen LogP contribution in [0.25, 0.3) is 0 Å². The Morgan fingerprint density at radius 2 is 1.30 bits per heavy atom. The Bertz CT molecular complexity index is 1300. The summed E-state index contributed by atoms with van der Waals surface area (Å²) in [6, 6.07) is 10.7. The lowest BCUT2D eigenvalue weighted by Gasteiger charge is -2.26. The van der Waals surface area contributed by atoms with Gasteiger partial charge < -0.3 is 10.1 Å². The zero-order chi connectivity index (χ0) is 26.5. The van der Waals surface area contributed by atoms with Gasteiger partial charge in [-0.2, -0.15) is 8.61 Å². The summed E-state index contributed by atoms with van der Waals surface area (Å²) in [7, 11) is -7.12. The maximum absolute atomic E-state index is 12.8. The van der Waals surface area contributed by atoms with Crippen LogP contribution < -0.4 is 10.1 Å². The maximum atomic E-state index is 12.8. The summed E-state index contributed by atoms with van der Waals surface area (Å²) in [6.45, 7) is 1.97. The minimum absolute atomic E-state index is 0.0990. The fourth-order valence-electron chi connectivity index (χ4n) is 4.44. The monoisotopic (exact) mass is 569 g/mol. The second-order valence-corrected chi connectivity index (χ2v) is 13.5. The van der Waals surface area contributed by atoms with Gasteiger partial charge in [0, 0.05) is 32.7 Å². The van der Waals surface area contributed by atoms with Crippen LogP contribution in [0, 0.1) is 0 Å². The van der Waals surface area contributed by atoms with E-state index in [2.05, 4.69) is 5.32 Å². The molecule has 37 heavy (non-hydrogen) atoms. The summed E-state index contributed by atoms with van der Waals surface area (Å²) in [5, 5.41) is 2.83. The van der Waals surface area contributed by atoms with E-state index in [0.29, 0.717) is 26.2 Å². The molecule has 2 aromatic rings. The largest absolute Gasteiger partial charge is 0.482 e. The number of rotatable bonds is 9. The summed E-state index contributed by atoms with van der Waals surface area (Å²) in [6.07, 6.45) is 5.49. The van der Waals surface area contributed by atoms with Gasteiger partial charge in [0.05, 0.1) is 14.8 Å². The van der Waals surface area contributed by atoms with Crippen molar-refractivity contribution >= 4 is 37.6 Å². The van der Waals surface area contributed by atoms with Crippen molar-refractivity contribution in [1.82, 2.24) is 13.9 Å². The Balaban J connectivity index is 1.28. The molecule has 2 aromatic carbocycles. The molecule has 1 N–H and O–H groups in total. The number of piperidine rings is 2. The zero-order valence-electron chi connectivity index (χ0n) is 20.6. The fraction of sp³-hybridized carbons (Fsp3) is 0.480.